The van der Waals surface area contributed by atoms with E-state index in [0.29, 0.717) is 21.9 Å². The molecule has 5 nitrogen and oxygen atoms in total. The second kappa shape index (κ2) is 4.81. The lowest BCUT2D eigenvalue weighted by molar-refractivity contribution is 0.813. The lowest BCUT2D eigenvalue weighted by atomic mass is 10.3. The standard InChI is InChI=1S/C13H10N4OS/c1-19-13-16-10-5-3-7-15-11(10)12(18)17(13)9-4-2-6-14-8-9/h2-8H,1H3. The van der Waals surface area contributed by atoms with Crippen molar-refractivity contribution in [2.45, 2.75) is 5.16 Å². The van der Waals surface area contributed by atoms with Gasteiger partial charge < -0.3 is 0 Å². The van der Waals surface area contributed by atoms with Gasteiger partial charge in [0.05, 0.1) is 17.4 Å². The highest BCUT2D eigenvalue weighted by Gasteiger charge is 2.12. The van der Waals surface area contributed by atoms with Crippen LogP contribution in [0.4, 0.5) is 0 Å². The topological polar surface area (TPSA) is 60.7 Å². The van der Waals surface area contributed by atoms with Crippen molar-refractivity contribution in [1.82, 2.24) is 19.5 Å². The monoisotopic (exact) mass is 270 g/mol. The Morgan fingerprint density at radius 2 is 2.05 bits per heavy atom. The van der Waals surface area contributed by atoms with Crippen LogP contribution in [0.3, 0.4) is 0 Å². The quantitative estimate of drug-likeness (QED) is 0.526. The molecule has 19 heavy (non-hydrogen) atoms. The van der Waals surface area contributed by atoms with Crippen molar-refractivity contribution < 1.29 is 0 Å². The predicted octanol–water partition coefficient (Wildman–Crippen LogP) is 1.90. The minimum absolute atomic E-state index is 0.178. The summed E-state index contributed by atoms with van der Waals surface area (Å²) in [6.07, 6.45) is 6.78. The minimum atomic E-state index is -0.178. The fraction of sp³-hybridized carbons (Fsp3) is 0.0769. The average molecular weight is 270 g/mol. The van der Waals surface area contributed by atoms with Crippen molar-refractivity contribution in [1.29, 1.82) is 0 Å². The van der Waals surface area contributed by atoms with Gasteiger partial charge in [-0.3, -0.25) is 14.3 Å². The molecule has 94 valence electrons. The molecule has 6 heteroatoms. The fourth-order valence-corrected chi connectivity index (χ4v) is 2.41. The summed E-state index contributed by atoms with van der Waals surface area (Å²) in [7, 11) is 0. The third-order valence-corrected chi connectivity index (χ3v) is 3.33. The molecule has 3 rings (SSSR count). The van der Waals surface area contributed by atoms with Crippen LogP contribution in [0.15, 0.2) is 52.8 Å². The fourth-order valence-electron chi connectivity index (χ4n) is 1.85. The predicted molar refractivity (Wildman–Crippen MR) is 74.7 cm³/mol. The van der Waals surface area contributed by atoms with Crippen molar-refractivity contribution in [3.63, 3.8) is 0 Å². The number of pyridine rings is 2. The van der Waals surface area contributed by atoms with E-state index >= 15 is 0 Å². The zero-order chi connectivity index (χ0) is 13.2. The van der Waals surface area contributed by atoms with E-state index in [-0.39, 0.29) is 5.56 Å². The highest BCUT2D eigenvalue weighted by atomic mass is 32.2. The van der Waals surface area contributed by atoms with Gasteiger partial charge >= 0.3 is 0 Å². The highest BCUT2D eigenvalue weighted by molar-refractivity contribution is 7.98. The average Bonchev–Trinajstić information content (AvgIpc) is 2.48. The molecule has 0 unspecified atom stereocenters. The van der Waals surface area contributed by atoms with Crippen LogP contribution in [0, 0.1) is 0 Å². The van der Waals surface area contributed by atoms with Gasteiger partial charge in [-0.1, -0.05) is 11.8 Å². The molecular formula is C13H10N4OS. The van der Waals surface area contributed by atoms with E-state index in [4.69, 9.17) is 0 Å². The van der Waals surface area contributed by atoms with Crippen LogP contribution in [0.5, 0.6) is 0 Å². The van der Waals surface area contributed by atoms with Crippen LogP contribution in [0.1, 0.15) is 0 Å². The maximum atomic E-state index is 12.5. The molecule has 0 amide bonds. The second-order valence-electron chi connectivity index (χ2n) is 3.82. The summed E-state index contributed by atoms with van der Waals surface area (Å²) >= 11 is 1.42. The maximum absolute atomic E-state index is 12.5. The molecule has 0 radical (unpaired) electrons. The molecule has 0 atom stereocenters. The third-order valence-electron chi connectivity index (χ3n) is 2.69. The molecule has 0 saturated heterocycles. The van der Waals surface area contributed by atoms with E-state index in [0.717, 1.165) is 0 Å². The molecular weight excluding hydrogens is 260 g/mol. The van der Waals surface area contributed by atoms with Crippen molar-refractivity contribution in [2.75, 3.05) is 6.26 Å². The number of nitrogens with zero attached hydrogens (tertiary/aromatic N) is 4. The van der Waals surface area contributed by atoms with Crippen LogP contribution in [0.2, 0.25) is 0 Å². The first-order valence-electron chi connectivity index (χ1n) is 5.63. The van der Waals surface area contributed by atoms with Gasteiger partial charge in [-0.25, -0.2) is 9.97 Å². The molecule has 0 bridgehead atoms. The molecule has 0 aliphatic heterocycles. The Hall–Kier alpha value is -2.21. The Morgan fingerprint density at radius 3 is 2.79 bits per heavy atom. The molecule has 0 aromatic carbocycles. The number of fused-ring (bicyclic) bond motifs is 1. The van der Waals surface area contributed by atoms with Crippen LogP contribution < -0.4 is 5.56 Å². The Kier molecular flexibility index (Phi) is 3.00. The van der Waals surface area contributed by atoms with Crippen LogP contribution in [-0.2, 0) is 0 Å². The summed E-state index contributed by atoms with van der Waals surface area (Å²) in [6, 6.07) is 7.17. The number of aromatic nitrogens is 4. The van der Waals surface area contributed by atoms with Gasteiger partial charge in [0.2, 0.25) is 0 Å². The maximum Gasteiger partial charge on any atom is 0.285 e. The summed E-state index contributed by atoms with van der Waals surface area (Å²) in [5.74, 6) is 0. The zero-order valence-electron chi connectivity index (χ0n) is 10.1. The van der Waals surface area contributed by atoms with E-state index in [1.807, 2.05) is 12.3 Å². The first-order chi connectivity index (χ1) is 9.31. The first-order valence-corrected chi connectivity index (χ1v) is 6.86. The molecule has 0 aliphatic rings. The van der Waals surface area contributed by atoms with Gasteiger partial charge in [0.1, 0.15) is 0 Å². The van der Waals surface area contributed by atoms with Gasteiger partial charge in [-0.2, -0.15) is 0 Å². The first kappa shape index (κ1) is 11.9. The summed E-state index contributed by atoms with van der Waals surface area (Å²) in [5.41, 5.74) is 1.49. The van der Waals surface area contributed by atoms with Crippen molar-refractivity contribution in [2.24, 2.45) is 0 Å². The van der Waals surface area contributed by atoms with Gasteiger partial charge in [-0.05, 0) is 30.5 Å². The largest absolute Gasteiger partial charge is 0.285 e. The van der Waals surface area contributed by atoms with E-state index in [9.17, 15) is 4.79 Å². The zero-order valence-corrected chi connectivity index (χ0v) is 11.0. The number of thioether (sulfide) groups is 1. The van der Waals surface area contributed by atoms with E-state index in [2.05, 4.69) is 15.0 Å². The lowest BCUT2D eigenvalue weighted by Gasteiger charge is -2.10. The van der Waals surface area contributed by atoms with Crippen molar-refractivity contribution >= 4 is 22.8 Å². The SMILES string of the molecule is CSc1nc2cccnc2c(=O)n1-c1cccnc1. The van der Waals surface area contributed by atoms with Gasteiger partial charge in [0.25, 0.3) is 5.56 Å². The molecule has 3 heterocycles. The Balaban J connectivity index is 2.41. The third kappa shape index (κ3) is 2.00. The van der Waals surface area contributed by atoms with E-state index in [1.54, 1.807) is 36.8 Å². The van der Waals surface area contributed by atoms with Crippen molar-refractivity contribution in [3.05, 3.63) is 53.2 Å². The molecule has 0 fully saturated rings. The van der Waals surface area contributed by atoms with E-state index < -0.39 is 0 Å². The number of hydrogen-bond acceptors (Lipinski definition) is 5. The normalized spacial score (nSPS) is 10.8. The Bertz CT molecular complexity index is 786. The number of hydrogen-bond donors (Lipinski definition) is 0. The molecule has 0 spiro atoms. The van der Waals surface area contributed by atoms with Crippen LogP contribution in [0.25, 0.3) is 16.7 Å². The number of rotatable bonds is 2. The van der Waals surface area contributed by atoms with Gasteiger partial charge in [-0.15, -0.1) is 0 Å². The minimum Gasteiger partial charge on any atom is -0.266 e. The smallest absolute Gasteiger partial charge is 0.266 e. The molecule has 3 aromatic rings. The molecule has 0 saturated carbocycles. The van der Waals surface area contributed by atoms with Gasteiger partial charge in [0, 0.05) is 12.4 Å². The Morgan fingerprint density at radius 1 is 1.21 bits per heavy atom. The lowest BCUT2D eigenvalue weighted by Crippen LogP contribution is -2.22. The van der Waals surface area contributed by atoms with Crippen LogP contribution >= 0.6 is 11.8 Å². The molecule has 0 N–H and O–H groups in total. The molecule has 0 aliphatic carbocycles. The molecule has 3 aromatic heterocycles. The Labute approximate surface area is 113 Å². The summed E-state index contributed by atoms with van der Waals surface area (Å²) < 4.78 is 1.53. The van der Waals surface area contributed by atoms with E-state index in [1.165, 1.54) is 16.3 Å². The van der Waals surface area contributed by atoms with Gasteiger partial charge in [0.15, 0.2) is 10.7 Å². The summed E-state index contributed by atoms with van der Waals surface area (Å²) in [4.78, 5) is 25.2. The highest BCUT2D eigenvalue weighted by Crippen LogP contribution is 2.17. The summed E-state index contributed by atoms with van der Waals surface area (Å²) in [5, 5.41) is 0.624. The van der Waals surface area contributed by atoms with Crippen LogP contribution in [-0.4, -0.2) is 25.8 Å². The summed E-state index contributed by atoms with van der Waals surface area (Å²) in [6.45, 7) is 0. The van der Waals surface area contributed by atoms with Crippen molar-refractivity contribution in [3.8, 4) is 5.69 Å². The second-order valence-corrected chi connectivity index (χ2v) is 4.59.